The Morgan fingerprint density at radius 1 is 1.53 bits per heavy atom. The van der Waals surface area contributed by atoms with E-state index in [1.807, 2.05) is 0 Å². The lowest BCUT2D eigenvalue weighted by molar-refractivity contribution is 0.0996. The predicted molar refractivity (Wildman–Crippen MR) is 58.6 cm³/mol. The molecule has 2 aromatic heterocycles. The van der Waals surface area contributed by atoms with Crippen LogP contribution in [-0.2, 0) is 0 Å². The first-order valence-corrected chi connectivity index (χ1v) is 4.64. The van der Waals surface area contributed by atoms with E-state index in [0.29, 0.717) is 5.88 Å². The Bertz CT molecular complexity index is 564. The molecule has 2 rings (SSSR count). The van der Waals surface area contributed by atoms with Crippen LogP contribution in [0, 0.1) is 0 Å². The number of carbonyl (C=O) groups is 1. The van der Waals surface area contributed by atoms with E-state index in [1.165, 1.54) is 24.2 Å². The molecule has 1 amide bonds. The normalized spacial score (nSPS) is 10.2. The lowest BCUT2D eigenvalue weighted by atomic mass is 10.4. The molecule has 0 aliphatic carbocycles. The first-order valence-electron chi connectivity index (χ1n) is 4.64. The fraction of sp³-hybridized carbons (Fsp3) is 0.111. The van der Waals surface area contributed by atoms with Crippen LogP contribution in [0.2, 0.25) is 0 Å². The number of rotatable bonds is 3. The van der Waals surface area contributed by atoms with Crippen molar-refractivity contribution in [2.24, 2.45) is 5.73 Å². The van der Waals surface area contributed by atoms with Gasteiger partial charge >= 0.3 is 0 Å². The van der Waals surface area contributed by atoms with Crippen LogP contribution in [0.25, 0.3) is 5.95 Å². The molecular weight excluding hydrogens is 224 g/mol. The highest BCUT2D eigenvalue weighted by Crippen LogP contribution is 2.12. The maximum Gasteiger partial charge on any atom is 0.271 e. The number of aromatic nitrogens is 4. The largest absolute Gasteiger partial charge is 0.481 e. The van der Waals surface area contributed by atoms with E-state index in [4.69, 9.17) is 16.2 Å². The van der Waals surface area contributed by atoms with Crippen molar-refractivity contribution in [2.45, 2.75) is 0 Å². The average Bonchev–Trinajstić information content (AvgIpc) is 2.71. The molecule has 88 valence electrons. The maximum atomic E-state index is 11.0. The highest BCUT2D eigenvalue weighted by molar-refractivity contribution is 5.95. The van der Waals surface area contributed by atoms with E-state index < -0.39 is 5.91 Å². The Morgan fingerprint density at radius 2 is 2.29 bits per heavy atom. The third-order valence-corrected chi connectivity index (χ3v) is 2.01. The summed E-state index contributed by atoms with van der Waals surface area (Å²) in [6.45, 7) is 0. The van der Waals surface area contributed by atoms with E-state index >= 15 is 0 Å². The van der Waals surface area contributed by atoms with Gasteiger partial charge in [0.25, 0.3) is 11.9 Å². The van der Waals surface area contributed by atoms with Crippen molar-refractivity contribution in [3.63, 3.8) is 0 Å². The van der Waals surface area contributed by atoms with Crippen LogP contribution in [0.1, 0.15) is 10.5 Å². The quantitative estimate of drug-likeness (QED) is 0.727. The minimum atomic E-state index is -0.704. The second-order valence-corrected chi connectivity index (χ2v) is 3.14. The fourth-order valence-electron chi connectivity index (χ4n) is 1.24. The van der Waals surface area contributed by atoms with Gasteiger partial charge in [0.05, 0.1) is 19.0 Å². The standard InChI is InChI=1S/C9H10N6O2/c1-17-6-2-3-12-9(13-6)15-4-5(10)7(14-15)8(11)16/h2-4H,10H2,1H3,(H2,11,16). The fourth-order valence-corrected chi connectivity index (χ4v) is 1.24. The zero-order chi connectivity index (χ0) is 12.4. The van der Waals surface area contributed by atoms with Crippen LogP contribution in [0.5, 0.6) is 5.88 Å². The molecule has 0 atom stereocenters. The summed E-state index contributed by atoms with van der Waals surface area (Å²) in [7, 11) is 1.48. The molecule has 0 radical (unpaired) electrons. The number of hydrogen-bond donors (Lipinski definition) is 2. The van der Waals surface area contributed by atoms with E-state index in [2.05, 4.69) is 15.1 Å². The van der Waals surface area contributed by atoms with Crippen LogP contribution in [-0.4, -0.2) is 32.8 Å². The number of nitrogen functional groups attached to an aromatic ring is 1. The van der Waals surface area contributed by atoms with E-state index in [9.17, 15) is 4.79 Å². The second-order valence-electron chi connectivity index (χ2n) is 3.14. The molecule has 0 bridgehead atoms. The predicted octanol–water partition coefficient (Wildman–Crippen LogP) is -0.648. The van der Waals surface area contributed by atoms with Crippen molar-refractivity contribution < 1.29 is 9.53 Å². The first-order chi connectivity index (χ1) is 8.11. The lowest BCUT2D eigenvalue weighted by Gasteiger charge is -2.01. The van der Waals surface area contributed by atoms with Crippen LogP contribution in [0.3, 0.4) is 0 Å². The highest BCUT2D eigenvalue weighted by Gasteiger charge is 2.13. The molecule has 0 aromatic carbocycles. The number of hydrogen-bond acceptors (Lipinski definition) is 6. The van der Waals surface area contributed by atoms with Gasteiger partial charge in [-0.2, -0.15) is 10.1 Å². The topological polar surface area (TPSA) is 122 Å². The SMILES string of the molecule is COc1ccnc(-n2cc(N)c(C(N)=O)n2)n1. The van der Waals surface area contributed by atoms with Gasteiger partial charge in [-0.15, -0.1) is 0 Å². The Morgan fingerprint density at radius 3 is 2.88 bits per heavy atom. The first kappa shape index (κ1) is 10.9. The van der Waals surface area contributed by atoms with Gasteiger partial charge in [-0.05, 0) is 0 Å². The number of carbonyl (C=O) groups excluding carboxylic acids is 1. The summed E-state index contributed by atoms with van der Waals surface area (Å²) in [5.41, 5.74) is 10.8. The Balaban J connectivity index is 2.46. The van der Waals surface area contributed by atoms with Crippen molar-refractivity contribution in [1.29, 1.82) is 0 Å². The Labute approximate surface area is 96.2 Å². The summed E-state index contributed by atoms with van der Waals surface area (Å²) in [5.74, 6) is -0.0857. The van der Waals surface area contributed by atoms with E-state index in [-0.39, 0.29) is 17.3 Å². The monoisotopic (exact) mass is 234 g/mol. The summed E-state index contributed by atoms with van der Waals surface area (Å²) in [4.78, 5) is 19.0. The van der Waals surface area contributed by atoms with Crippen molar-refractivity contribution in [2.75, 3.05) is 12.8 Å². The van der Waals surface area contributed by atoms with Gasteiger partial charge in [0.2, 0.25) is 5.88 Å². The van der Waals surface area contributed by atoms with Crippen LogP contribution >= 0.6 is 0 Å². The van der Waals surface area contributed by atoms with Crippen molar-refractivity contribution >= 4 is 11.6 Å². The van der Waals surface area contributed by atoms with Gasteiger partial charge in [0.15, 0.2) is 5.69 Å². The summed E-state index contributed by atoms with van der Waals surface area (Å²) < 4.78 is 6.21. The average molecular weight is 234 g/mol. The molecule has 0 aliphatic heterocycles. The molecule has 2 aromatic rings. The summed E-state index contributed by atoms with van der Waals surface area (Å²) >= 11 is 0. The van der Waals surface area contributed by atoms with Crippen LogP contribution < -0.4 is 16.2 Å². The molecule has 4 N–H and O–H groups in total. The third-order valence-electron chi connectivity index (χ3n) is 2.01. The molecule has 0 fully saturated rings. The number of anilines is 1. The number of nitrogens with two attached hydrogens (primary N) is 2. The molecule has 8 heteroatoms. The lowest BCUT2D eigenvalue weighted by Crippen LogP contribution is -2.14. The van der Waals surface area contributed by atoms with Gasteiger partial charge in [-0.25, -0.2) is 9.67 Å². The zero-order valence-electron chi connectivity index (χ0n) is 8.99. The smallest absolute Gasteiger partial charge is 0.271 e. The number of primary amides is 1. The summed E-state index contributed by atoms with van der Waals surface area (Å²) in [5, 5.41) is 3.89. The molecular formula is C9H10N6O2. The van der Waals surface area contributed by atoms with Gasteiger partial charge < -0.3 is 16.2 Å². The number of ether oxygens (including phenoxy) is 1. The number of methoxy groups -OCH3 is 1. The summed E-state index contributed by atoms with van der Waals surface area (Å²) in [6.07, 6.45) is 2.91. The van der Waals surface area contributed by atoms with Crippen molar-refractivity contribution in [3.05, 3.63) is 24.2 Å². The molecule has 0 spiro atoms. The summed E-state index contributed by atoms with van der Waals surface area (Å²) in [6, 6.07) is 1.59. The van der Waals surface area contributed by atoms with Gasteiger partial charge in [0, 0.05) is 12.3 Å². The second kappa shape index (κ2) is 4.08. The molecule has 0 unspecified atom stereocenters. The van der Waals surface area contributed by atoms with Crippen LogP contribution in [0.15, 0.2) is 18.5 Å². The Hall–Kier alpha value is -2.64. The molecule has 0 saturated carbocycles. The van der Waals surface area contributed by atoms with Gasteiger partial charge in [-0.1, -0.05) is 0 Å². The van der Waals surface area contributed by atoms with Gasteiger partial charge in [0.1, 0.15) is 0 Å². The Kier molecular flexibility index (Phi) is 2.61. The molecule has 0 saturated heterocycles. The van der Waals surface area contributed by atoms with Crippen molar-refractivity contribution in [3.8, 4) is 11.8 Å². The molecule has 2 heterocycles. The number of nitrogens with zero attached hydrogens (tertiary/aromatic N) is 4. The minimum Gasteiger partial charge on any atom is -0.481 e. The van der Waals surface area contributed by atoms with Gasteiger partial charge in [-0.3, -0.25) is 4.79 Å². The third kappa shape index (κ3) is 2.00. The number of amides is 1. The maximum absolute atomic E-state index is 11.0. The molecule has 17 heavy (non-hydrogen) atoms. The zero-order valence-corrected chi connectivity index (χ0v) is 8.99. The molecule has 0 aliphatic rings. The van der Waals surface area contributed by atoms with Crippen LogP contribution in [0.4, 0.5) is 5.69 Å². The molecule has 8 nitrogen and oxygen atoms in total. The van der Waals surface area contributed by atoms with E-state index in [0.717, 1.165) is 0 Å². The minimum absolute atomic E-state index is 0.0172. The van der Waals surface area contributed by atoms with E-state index in [1.54, 1.807) is 6.07 Å². The van der Waals surface area contributed by atoms with Crippen molar-refractivity contribution in [1.82, 2.24) is 19.7 Å². The highest BCUT2D eigenvalue weighted by atomic mass is 16.5.